The Morgan fingerprint density at radius 2 is 1.39 bits per heavy atom. The van der Waals surface area contributed by atoms with E-state index >= 15 is 0 Å². The molecule has 7 heteroatoms. The number of thioether (sulfide) groups is 1. The number of rotatable bonds is 5. The lowest BCUT2D eigenvalue weighted by atomic mass is 10.1. The molecule has 0 saturated heterocycles. The van der Waals surface area contributed by atoms with Crippen molar-refractivity contribution >= 4 is 17.8 Å². The van der Waals surface area contributed by atoms with Crippen LogP contribution in [0.15, 0.2) is 29.7 Å². The smallest absolute Gasteiger partial charge is 0.200 e. The Balaban J connectivity index is 2.09. The molecule has 23 heavy (non-hydrogen) atoms. The Hall–Kier alpha value is -2.02. The van der Waals surface area contributed by atoms with Gasteiger partial charge in [-0.3, -0.25) is 0 Å². The average molecular weight is 346 g/mol. The van der Waals surface area contributed by atoms with Crippen LogP contribution in [0, 0.1) is 29.1 Å². The van der Waals surface area contributed by atoms with Gasteiger partial charge in [0.2, 0.25) is 5.82 Å². The largest absolute Gasteiger partial charge is 0.497 e. The van der Waals surface area contributed by atoms with Crippen molar-refractivity contribution in [3.05, 3.63) is 69.9 Å². The van der Waals surface area contributed by atoms with Crippen molar-refractivity contribution < 1.29 is 26.7 Å². The van der Waals surface area contributed by atoms with Crippen LogP contribution in [-0.4, -0.2) is 7.11 Å². The average Bonchev–Trinajstić information content (AvgIpc) is 2.58. The van der Waals surface area contributed by atoms with Crippen molar-refractivity contribution in [3.8, 4) is 5.75 Å². The van der Waals surface area contributed by atoms with E-state index in [1.54, 1.807) is 24.3 Å². The molecule has 0 fully saturated rings. The lowest BCUT2D eigenvalue weighted by Crippen LogP contribution is -2.03. The molecule has 0 unspecified atom stereocenters. The normalized spacial score (nSPS) is 11.2. The van der Waals surface area contributed by atoms with Gasteiger partial charge in [0.15, 0.2) is 23.3 Å². The van der Waals surface area contributed by atoms with Gasteiger partial charge in [0.1, 0.15) is 5.75 Å². The zero-order chi connectivity index (χ0) is 17.0. The van der Waals surface area contributed by atoms with Crippen LogP contribution in [0.1, 0.15) is 11.1 Å². The SMILES string of the molecule is COc1ccc(CS/C=C\c2c(F)c(F)c(F)c(F)c2F)cc1. The van der Waals surface area contributed by atoms with Gasteiger partial charge >= 0.3 is 0 Å². The van der Waals surface area contributed by atoms with Crippen LogP contribution < -0.4 is 4.74 Å². The Morgan fingerprint density at radius 3 is 1.91 bits per heavy atom. The first-order chi connectivity index (χ1) is 11.0. The summed E-state index contributed by atoms with van der Waals surface area (Å²) in [5.74, 6) is -8.60. The van der Waals surface area contributed by atoms with Gasteiger partial charge in [-0.25, -0.2) is 22.0 Å². The van der Waals surface area contributed by atoms with E-state index in [1.807, 2.05) is 0 Å². The summed E-state index contributed by atoms with van der Waals surface area (Å²) in [6.45, 7) is 0. The van der Waals surface area contributed by atoms with E-state index in [4.69, 9.17) is 4.74 Å². The van der Waals surface area contributed by atoms with Crippen LogP contribution in [0.5, 0.6) is 5.75 Å². The third kappa shape index (κ3) is 3.85. The Labute approximate surface area is 133 Å². The molecule has 2 rings (SSSR count). The molecule has 0 bridgehead atoms. The summed E-state index contributed by atoms with van der Waals surface area (Å²) in [6.07, 6.45) is 0.866. The molecule has 0 aliphatic heterocycles. The summed E-state index contributed by atoms with van der Waals surface area (Å²) < 4.78 is 70.9. The van der Waals surface area contributed by atoms with Crippen molar-refractivity contribution in [2.24, 2.45) is 0 Å². The van der Waals surface area contributed by atoms with E-state index in [1.165, 1.54) is 12.5 Å². The highest BCUT2D eigenvalue weighted by molar-refractivity contribution is 8.01. The molecule has 122 valence electrons. The summed E-state index contributed by atoms with van der Waals surface area (Å²) in [5, 5.41) is 1.28. The number of methoxy groups -OCH3 is 1. The molecule has 0 heterocycles. The van der Waals surface area contributed by atoms with E-state index in [-0.39, 0.29) is 0 Å². The van der Waals surface area contributed by atoms with Gasteiger partial charge in [0.05, 0.1) is 12.7 Å². The van der Waals surface area contributed by atoms with Crippen LogP contribution in [0.2, 0.25) is 0 Å². The van der Waals surface area contributed by atoms with Gasteiger partial charge in [0.25, 0.3) is 0 Å². The molecular weight excluding hydrogens is 335 g/mol. The molecule has 2 aromatic carbocycles. The van der Waals surface area contributed by atoms with E-state index < -0.39 is 34.6 Å². The van der Waals surface area contributed by atoms with Crippen molar-refractivity contribution in [1.82, 2.24) is 0 Å². The minimum absolute atomic E-state index is 0.468. The maximum Gasteiger partial charge on any atom is 0.200 e. The summed E-state index contributed by atoms with van der Waals surface area (Å²) >= 11 is 1.15. The van der Waals surface area contributed by atoms with E-state index in [0.29, 0.717) is 11.5 Å². The van der Waals surface area contributed by atoms with Crippen molar-refractivity contribution in [1.29, 1.82) is 0 Å². The van der Waals surface area contributed by atoms with Crippen molar-refractivity contribution in [2.75, 3.05) is 7.11 Å². The van der Waals surface area contributed by atoms with E-state index in [9.17, 15) is 22.0 Å². The highest BCUT2D eigenvalue weighted by Crippen LogP contribution is 2.25. The highest BCUT2D eigenvalue weighted by atomic mass is 32.2. The summed E-state index contributed by atoms with van der Waals surface area (Å²) in [6, 6.07) is 7.11. The predicted octanol–water partition coefficient (Wildman–Crippen LogP) is 5.29. The van der Waals surface area contributed by atoms with Crippen LogP contribution in [0.3, 0.4) is 0 Å². The molecule has 0 radical (unpaired) electrons. The quantitative estimate of drug-likeness (QED) is 0.413. The summed E-state index contributed by atoms with van der Waals surface area (Å²) in [4.78, 5) is 0. The molecule has 0 atom stereocenters. The van der Waals surface area contributed by atoms with Crippen LogP contribution >= 0.6 is 11.8 Å². The second kappa shape index (κ2) is 7.50. The monoisotopic (exact) mass is 346 g/mol. The molecule has 0 N–H and O–H groups in total. The third-order valence-electron chi connectivity index (χ3n) is 2.98. The molecule has 0 amide bonds. The van der Waals surface area contributed by atoms with Crippen molar-refractivity contribution in [3.63, 3.8) is 0 Å². The maximum absolute atomic E-state index is 13.4. The molecule has 0 spiro atoms. The zero-order valence-corrected chi connectivity index (χ0v) is 12.7. The summed E-state index contributed by atoms with van der Waals surface area (Å²) in [5.41, 5.74) is -0.0403. The molecule has 1 nitrogen and oxygen atoms in total. The van der Waals surface area contributed by atoms with Crippen LogP contribution in [0.25, 0.3) is 6.08 Å². The predicted molar refractivity (Wildman–Crippen MR) is 79.6 cm³/mol. The fourth-order valence-electron chi connectivity index (χ4n) is 1.75. The lowest BCUT2D eigenvalue weighted by Gasteiger charge is -2.04. The molecule has 0 saturated carbocycles. The minimum Gasteiger partial charge on any atom is -0.497 e. The Morgan fingerprint density at radius 1 is 0.870 bits per heavy atom. The van der Waals surface area contributed by atoms with Crippen molar-refractivity contribution in [2.45, 2.75) is 5.75 Å². The highest BCUT2D eigenvalue weighted by Gasteiger charge is 2.24. The standard InChI is InChI=1S/C16H11F5OS/c1-22-10-4-2-9(3-5-10)8-23-7-6-11-12(17)14(19)16(21)15(20)13(11)18/h2-7H,8H2,1H3/b7-6-. The first-order valence-electron chi connectivity index (χ1n) is 6.38. The molecule has 0 aromatic heterocycles. The molecule has 0 aliphatic carbocycles. The first-order valence-corrected chi connectivity index (χ1v) is 7.43. The van der Waals surface area contributed by atoms with Gasteiger partial charge in [-0.1, -0.05) is 12.1 Å². The zero-order valence-electron chi connectivity index (χ0n) is 11.9. The number of hydrogen-bond acceptors (Lipinski definition) is 2. The maximum atomic E-state index is 13.4. The van der Waals surface area contributed by atoms with E-state index in [0.717, 1.165) is 23.4 Å². The fourth-order valence-corrected chi connectivity index (χ4v) is 2.46. The Kier molecular flexibility index (Phi) is 5.65. The van der Waals surface area contributed by atoms with Gasteiger partial charge < -0.3 is 4.74 Å². The first kappa shape index (κ1) is 17.3. The van der Waals surface area contributed by atoms with Gasteiger partial charge in [-0.05, 0) is 29.2 Å². The minimum atomic E-state index is -2.16. The van der Waals surface area contributed by atoms with Gasteiger partial charge in [-0.2, -0.15) is 0 Å². The van der Waals surface area contributed by atoms with Gasteiger partial charge in [-0.15, -0.1) is 11.8 Å². The number of benzene rings is 2. The molecular formula is C16H11F5OS. The van der Waals surface area contributed by atoms with Crippen LogP contribution in [0.4, 0.5) is 22.0 Å². The van der Waals surface area contributed by atoms with E-state index in [2.05, 4.69) is 0 Å². The second-order valence-electron chi connectivity index (χ2n) is 4.45. The second-order valence-corrected chi connectivity index (χ2v) is 5.34. The topological polar surface area (TPSA) is 9.23 Å². The lowest BCUT2D eigenvalue weighted by molar-refractivity contribution is 0.377. The number of halogens is 5. The number of hydrogen-bond donors (Lipinski definition) is 0. The number of ether oxygens (including phenoxy) is 1. The Bertz CT molecular complexity index is 699. The molecule has 2 aromatic rings. The van der Waals surface area contributed by atoms with Gasteiger partial charge in [0, 0.05) is 5.75 Å². The fraction of sp³-hybridized carbons (Fsp3) is 0.125. The van der Waals surface area contributed by atoms with Crippen LogP contribution in [-0.2, 0) is 5.75 Å². The molecule has 0 aliphatic rings. The summed E-state index contributed by atoms with van der Waals surface area (Å²) in [7, 11) is 1.54. The third-order valence-corrected chi connectivity index (χ3v) is 3.81.